The number of nitrogens with zero attached hydrogens (tertiary/aromatic N) is 1. The topological polar surface area (TPSA) is 49.4 Å². The van der Waals surface area contributed by atoms with Crippen LogP contribution in [0.15, 0.2) is 12.7 Å². The maximum absolute atomic E-state index is 11.9. The number of nitrogens with one attached hydrogen (secondary N) is 1. The van der Waals surface area contributed by atoms with E-state index in [9.17, 15) is 8.42 Å². The van der Waals surface area contributed by atoms with E-state index in [0.717, 1.165) is 19.4 Å². The molecule has 1 rings (SSSR count). The van der Waals surface area contributed by atoms with Crippen molar-refractivity contribution in [3.8, 4) is 0 Å². The molecule has 1 aliphatic carbocycles. The predicted octanol–water partition coefficient (Wildman–Crippen LogP) is 1.36. The lowest BCUT2D eigenvalue weighted by Gasteiger charge is -2.18. The summed E-state index contributed by atoms with van der Waals surface area (Å²) in [5.41, 5.74) is 0. The van der Waals surface area contributed by atoms with Crippen LogP contribution in [0, 0.1) is 0 Å². The summed E-state index contributed by atoms with van der Waals surface area (Å²) >= 11 is 0. The summed E-state index contributed by atoms with van der Waals surface area (Å²) in [5, 5.41) is 3.39. The van der Waals surface area contributed by atoms with E-state index in [1.807, 2.05) is 6.92 Å². The number of likely N-dealkylation sites (N-methyl/N-ethyl adjacent to an activating group) is 1. The van der Waals surface area contributed by atoms with Gasteiger partial charge in [0.05, 0.1) is 5.75 Å². The van der Waals surface area contributed by atoms with Crippen LogP contribution in [0.1, 0.15) is 32.6 Å². The lowest BCUT2D eigenvalue weighted by Crippen LogP contribution is -2.33. The highest BCUT2D eigenvalue weighted by Gasteiger charge is 2.20. The van der Waals surface area contributed by atoms with Gasteiger partial charge in [0.25, 0.3) is 0 Å². The average molecular weight is 260 g/mol. The van der Waals surface area contributed by atoms with Crippen molar-refractivity contribution in [1.29, 1.82) is 0 Å². The van der Waals surface area contributed by atoms with Crippen LogP contribution in [0.25, 0.3) is 0 Å². The average Bonchev–Trinajstić information content (AvgIpc) is 3.09. The molecule has 0 aromatic carbocycles. The molecule has 17 heavy (non-hydrogen) atoms. The van der Waals surface area contributed by atoms with Gasteiger partial charge in [-0.25, -0.2) is 8.42 Å². The van der Waals surface area contributed by atoms with E-state index in [-0.39, 0.29) is 5.75 Å². The van der Waals surface area contributed by atoms with Crippen LogP contribution in [-0.2, 0) is 10.0 Å². The number of sulfonamides is 1. The highest BCUT2D eigenvalue weighted by atomic mass is 32.2. The highest BCUT2D eigenvalue weighted by Crippen LogP contribution is 2.18. The van der Waals surface area contributed by atoms with Gasteiger partial charge in [-0.1, -0.05) is 13.0 Å². The molecule has 0 heterocycles. The first-order chi connectivity index (χ1) is 8.10. The second-order valence-electron chi connectivity index (χ2n) is 4.49. The second-order valence-corrected chi connectivity index (χ2v) is 6.58. The lowest BCUT2D eigenvalue weighted by atomic mass is 10.3. The van der Waals surface area contributed by atoms with Gasteiger partial charge in [-0.15, -0.1) is 6.58 Å². The minimum atomic E-state index is -3.09. The minimum absolute atomic E-state index is 0.251. The van der Waals surface area contributed by atoms with Gasteiger partial charge in [-0.3, -0.25) is 0 Å². The van der Waals surface area contributed by atoms with Gasteiger partial charge in [0.2, 0.25) is 10.0 Å². The van der Waals surface area contributed by atoms with Crippen molar-refractivity contribution in [2.75, 3.05) is 25.4 Å². The normalized spacial score (nSPS) is 16.4. The number of rotatable bonds is 10. The Morgan fingerprint density at radius 1 is 1.41 bits per heavy atom. The van der Waals surface area contributed by atoms with Gasteiger partial charge in [0.1, 0.15) is 0 Å². The molecule has 0 atom stereocenters. The summed E-state index contributed by atoms with van der Waals surface area (Å²) in [6, 6.07) is 0.708. The molecule has 4 nitrogen and oxygen atoms in total. The Kier molecular flexibility index (Phi) is 6.16. The summed E-state index contributed by atoms with van der Waals surface area (Å²) in [7, 11) is -3.09. The molecule has 0 spiro atoms. The fourth-order valence-corrected chi connectivity index (χ4v) is 3.27. The molecule has 0 bridgehead atoms. The standard InChI is InChI=1S/C12H24N2O2S/c1-3-10-14(4-2)17(15,16)11-6-5-9-13-12-7-8-12/h3,12-13H,1,4-11H2,2H3. The van der Waals surface area contributed by atoms with E-state index in [1.54, 1.807) is 6.08 Å². The monoisotopic (exact) mass is 260 g/mol. The van der Waals surface area contributed by atoms with E-state index in [0.29, 0.717) is 19.1 Å². The van der Waals surface area contributed by atoms with E-state index in [4.69, 9.17) is 0 Å². The van der Waals surface area contributed by atoms with Gasteiger partial charge in [-0.05, 0) is 32.2 Å². The van der Waals surface area contributed by atoms with Crippen molar-refractivity contribution in [1.82, 2.24) is 9.62 Å². The lowest BCUT2D eigenvalue weighted by molar-refractivity contribution is 0.457. The van der Waals surface area contributed by atoms with Crippen molar-refractivity contribution in [2.24, 2.45) is 0 Å². The fraction of sp³-hybridized carbons (Fsp3) is 0.833. The molecule has 0 aliphatic heterocycles. The summed E-state index contributed by atoms with van der Waals surface area (Å²) in [6.45, 7) is 7.32. The van der Waals surface area contributed by atoms with Crippen molar-refractivity contribution in [3.05, 3.63) is 12.7 Å². The first-order valence-electron chi connectivity index (χ1n) is 6.42. The third kappa shape index (κ3) is 5.66. The maximum Gasteiger partial charge on any atom is 0.214 e. The number of unbranched alkanes of at least 4 members (excludes halogenated alkanes) is 1. The Morgan fingerprint density at radius 3 is 2.65 bits per heavy atom. The van der Waals surface area contributed by atoms with Gasteiger partial charge in [0.15, 0.2) is 0 Å². The SMILES string of the molecule is C=CCN(CC)S(=O)(=O)CCCCNC1CC1. The van der Waals surface area contributed by atoms with E-state index in [2.05, 4.69) is 11.9 Å². The Morgan fingerprint density at radius 2 is 2.12 bits per heavy atom. The molecule has 1 aliphatic rings. The molecule has 0 unspecified atom stereocenters. The molecule has 0 radical (unpaired) electrons. The van der Waals surface area contributed by atoms with Crippen LogP contribution in [0.2, 0.25) is 0 Å². The Bertz CT molecular complexity index is 323. The molecule has 0 aromatic heterocycles. The molecule has 1 fully saturated rings. The van der Waals surface area contributed by atoms with E-state index >= 15 is 0 Å². The van der Waals surface area contributed by atoms with Gasteiger partial charge in [-0.2, -0.15) is 4.31 Å². The molecule has 1 saturated carbocycles. The van der Waals surface area contributed by atoms with E-state index in [1.165, 1.54) is 17.1 Å². The van der Waals surface area contributed by atoms with Crippen LogP contribution in [0.4, 0.5) is 0 Å². The number of hydrogen-bond donors (Lipinski definition) is 1. The van der Waals surface area contributed by atoms with Crippen molar-refractivity contribution in [2.45, 2.75) is 38.6 Å². The Labute approximate surface area is 105 Å². The molecule has 100 valence electrons. The summed E-state index contributed by atoms with van der Waals surface area (Å²) in [4.78, 5) is 0. The van der Waals surface area contributed by atoms with Crippen LogP contribution in [0.3, 0.4) is 0 Å². The molecular formula is C12H24N2O2S. The summed E-state index contributed by atoms with van der Waals surface area (Å²) in [6.07, 6.45) is 5.86. The molecule has 1 N–H and O–H groups in total. The van der Waals surface area contributed by atoms with Gasteiger partial charge in [0, 0.05) is 19.1 Å². The molecule has 0 amide bonds. The Hall–Kier alpha value is -0.390. The molecule has 0 aromatic rings. The maximum atomic E-state index is 11.9. The zero-order valence-electron chi connectivity index (χ0n) is 10.7. The first kappa shape index (κ1) is 14.7. The predicted molar refractivity (Wildman–Crippen MR) is 71.5 cm³/mol. The highest BCUT2D eigenvalue weighted by molar-refractivity contribution is 7.89. The van der Waals surface area contributed by atoms with Crippen LogP contribution < -0.4 is 5.32 Å². The number of hydrogen-bond acceptors (Lipinski definition) is 3. The van der Waals surface area contributed by atoms with Crippen molar-refractivity contribution >= 4 is 10.0 Å². The third-order valence-electron chi connectivity index (χ3n) is 2.92. The van der Waals surface area contributed by atoms with Crippen molar-refractivity contribution < 1.29 is 8.42 Å². The fourth-order valence-electron chi connectivity index (χ4n) is 1.72. The Balaban J connectivity index is 2.19. The zero-order chi connectivity index (χ0) is 12.7. The van der Waals surface area contributed by atoms with Crippen LogP contribution >= 0.6 is 0 Å². The first-order valence-corrected chi connectivity index (χ1v) is 8.03. The zero-order valence-corrected chi connectivity index (χ0v) is 11.5. The summed E-state index contributed by atoms with van der Waals surface area (Å²) < 4.78 is 25.3. The second kappa shape index (κ2) is 7.13. The molecule has 0 saturated heterocycles. The quantitative estimate of drug-likeness (QED) is 0.476. The smallest absolute Gasteiger partial charge is 0.214 e. The molecular weight excluding hydrogens is 236 g/mol. The van der Waals surface area contributed by atoms with Gasteiger partial charge >= 0.3 is 0 Å². The minimum Gasteiger partial charge on any atom is -0.314 e. The molecule has 5 heteroatoms. The summed E-state index contributed by atoms with van der Waals surface area (Å²) in [5.74, 6) is 0.251. The van der Waals surface area contributed by atoms with Crippen molar-refractivity contribution in [3.63, 3.8) is 0 Å². The van der Waals surface area contributed by atoms with Crippen LogP contribution in [0.5, 0.6) is 0 Å². The van der Waals surface area contributed by atoms with Gasteiger partial charge < -0.3 is 5.32 Å². The largest absolute Gasteiger partial charge is 0.314 e. The van der Waals surface area contributed by atoms with E-state index < -0.39 is 10.0 Å². The van der Waals surface area contributed by atoms with Crippen LogP contribution in [-0.4, -0.2) is 44.2 Å². The third-order valence-corrected chi connectivity index (χ3v) is 4.92.